The molecule has 0 aliphatic carbocycles. The molecule has 30 fully saturated rings. The molecule has 40 atom stereocenters. The number of carbonyl (C=O) groups excluding carboxylic acids is 9. The van der Waals surface area contributed by atoms with Crippen LogP contribution in [0.5, 0.6) is 0 Å². The van der Waals surface area contributed by atoms with Crippen LogP contribution in [0.4, 0.5) is 0 Å². The van der Waals surface area contributed by atoms with Crippen molar-refractivity contribution in [3.63, 3.8) is 0 Å². The molecule has 726 valence electrons. The first-order valence-corrected chi connectivity index (χ1v) is 48.9. The van der Waals surface area contributed by atoms with E-state index in [0.29, 0.717) is 12.2 Å². The first kappa shape index (κ1) is 138. The quantitative estimate of drug-likeness (QED) is 0.0159. The maximum atomic E-state index is 12.3. The molecule has 133 heavy (non-hydrogen) atoms. The van der Waals surface area contributed by atoms with Gasteiger partial charge in [0.1, 0.15) is 147 Å². The van der Waals surface area contributed by atoms with Gasteiger partial charge in [0.15, 0.2) is 44.0 Å². The van der Waals surface area contributed by atoms with Gasteiger partial charge in [-0.25, -0.2) is 0 Å². The van der Waals surface area contributed by atoms with E-state index in [1.165, 1.54) is 11.8 Å². The second-order valence-corrected chi connectivity index (χ2v) is 38.7. The Morgan fingerprint density at radius 2 is 0.436 bits per heavy atom. The smallest absolute Gasteiger partial charge is 0.550 e. The summed E-state index contributed by atoms with van der Waals surface area (Å²) in [4.78, 5) is 90.7. The first-order valence-electron chi connectivity index (χ1n) is 39.7. The van der Waals surface area contributed by atoms with Crippen molar-refractivity contribution >= 4 is 136 Å². The summed E-state index contributed by atoms with van der Waals surface area (Å²) in [6, 6.07) is -1.51. The third kappa shape index (κ3) is 41.4. The molecule has 16 bridgehead atoms. The van der Waals surface area contributed by atoms with Gasteiger partial charge in [-0.05, 0) is 73.0 Å². The van der Waals surface area contributed by atoms with Gasteiger partial charge >= 0.3 is 219 Å². The number of ether oxygens (including phenoxy) is 15. The standard InChI is InChI=1S/C70H113NO41S8.2CO2.7Na/c1-4-12-115-18-26-39-40(82)49(91)64(99-26)107-59-30(22-117-14-8-35(74)75)103-69(53(95)44(59)86)111-62-33(25-120-17-11-38(80)81)105-70(55(97)47(62)89)112-61-32(24-119-16-10-37(78)79)104-68(54(96)46(61)88)109-58-29(20-114-6-3)100-65(50(92)42(58)84)108-57-28(19-113-5-2)101-66(51(93)43(57)85)110-60-31(23-118-15-9-36(76)77)102-67(52(94)45(60)87)106-56-27(21-116-13-7-34(72)73)98-63(71-39)48(90)41(56)83;2*2-1-3;;;;;;;/h26-33,39-71,82-97H,2-25H2,1H3,(H,72,73)(H,74,75)(H,76,77)(H,78,79)(H,80,81);;;;;;;;;/q-2;;;7*+1/p-5. The second kappa shape index (κ2) is 71.4. The minimum absolute atomic E-state index is 0. The van der Waals surface area contributed by atoms with E-state index in [4.69, 9.17) is 90.2 Å². The summed E-state index contributed by atoms with van der Waals surface area (Å²) < 4.78 is 94.5. The van der Waals surface area contributed by atoms with Crippen LogP contribution in [0.2, 0.25) is 0 Å². The molecule has 61 heteroatoms. The molecule has 30 aliphatic heterocycles. The summed E-state index contributed by atoms with van der Waals surface area (Å²) in [6.07, 6.45) is -76.4. The molecule has 0 aromatic rings. The van der Waals surface area contributed by atoms with Gasteiger partial charge in [0.05, 0.1) is 54.9 Å². The number of hydrogen-bond acceptors (Lipinski definition) is 54. The molecular weight excluding hydrogens is 2020 g/mol. The molecular formula is C72H108NNa7O45S8. The third-order valence-corrected chi connectivity index (χ3v) is 29.0. The Morgan fingerprint density at radius 3 is 0.639 bits per heavy atom. The van der Waals surface area contributed by atoms with E-state index < -0.39 is 307 Å². The fraction of sp³-hybridized carbons (Fsp3) is 0.875. The number of carboxylic acid groups (broad SMARTS) is 5. The van der Waals surface area contributed by atoms with E-state index in [1.807, 2.05) is 6.92 Å². The topological polar surface area (TPSA) is 743 Å². The van der Waals surface area contributed by atoms with Crippen LogP contribution < -0.4 is 238 Å². The van der Waals surface area contributed by atoms with Crippen molar-refractivity contribution < 1.29 is 428 Å². The Hall–Kier alpha value is 4.63. The number of aliphatic hydroxyl groups is 16. The predicted octanol–water partition coefficient (Wildman–Crippen LogP) is -35.3. The number of carbonyl (C=O) groups is 5. The first-order chi connectivity index (χ1) is 60.0. The molecule has 0 aromatic heterocycles. The Labute approximate surface area is 954 Å². The van der Waals surface area contributed by atoms with Gasteiger partial charge in [0.2, 0.25) is 0 Å². The van der Waals surface area contributed by atoms with Gasteiger partial charge in [-0.2, -0.15) is 113 Å². The van der Waals surface area contributed by atoms with Crippen LogP contribution in [0, 0.1) is 13.8 Å². The van der Waals surface area contributed by atoms with Crippen LogP contribution in [-0.4, -0.2) is 461 Å². The van der Waals surface area contributed by atoms with Crippen LogP contribution >= 0.6 is 94.1 Å². The molecule has 30 saturated heterocycles. The molecule has 46 nitrogen and oxygen atoms in total. The fourth-order valence-electron chi connectivity index (χ4n) is 14.5. The number of hydrogen-bond donors (Lipinski definition) is 17. The minimum Gasteiger partial charge on any atom is -0.550 e. The Kier molecular flexibility index (Phi) is 73.9. The van der Waals surface area contributed by atoms with Crippen LogP contribution in [0.3, 0.4) is 0 Å². The number of nitrogens with one attached hydrogen (secondary N) is 1. The second-order valence-electron chi connectivity index (χ2n) is 29.5. The number of aliphatic carboxylic acids is 5. The van der Waals surface area contributed by atoms with E-state index in [0.717, 1.165) is 82.3 Å². The van der Waals surface area contributed by atoms with Gasteiger partial charge in [-0.15, -0.1) is 11.5 Å². The van der Waals surface area contributed by atoms with E-state index in [1.54, 1.807) is 0 Å². The zero-order chi connectivity index (χ0) is 92.9. The maximum Gasteiger partial charge on any atom is 1.00 e. The van der Waals surface area contributed by atoms with E-state index in [9.17, 15) is 131 Å². The molecule has 17 N–H and O–H groups in total. The number of thioether (sulfide) groups is 8. The Bertz CT molecular complexity index is 3350. The molecule has 0 spiro atoms. The summed E-state index contributed by atoms with van der Waals surface area (Å²) in [7, 11) is 0. The van der Waals surface area contributed by atoms with E-state index >= 15 is 0 Å². The van der Waals surface area contributed by atoms with Gasteiger partial charge in [0, 0.05) is 75.9 Å². The fourth-order valence-corrected chi connectivity index (χ4v) is 21.7. The van der Waals surface area contributed by atoms with Crippen molar-refractivity contribution in [2.45, 2.75) is 291 Å². The zero-order valence-electron chi connectivity index (χ0n) is 74.3. The molecule has 0 radical (unpaired) electrons. The van der Waals surface area contributed by atoms with E-state index in [-0.39, 0.29) is 305 Å². The Balaban J connectivity index is 0.0000130. The van der Waals surface area contributed by atoms with Crippen LogP contribution in [0.15, 0.2) is 0 Å². The molecule has 0 saturated carbocycles. The maximum absolute atomic E-state index is 12.3. The summed E-state index contributed by atoms with van der Waals surface area (Å²) in [5.74, 6) is -9.20. The molecule has 30 heterocycles. The molecule has 0 aromatic carbocycles. The third-order valence-electron chi connectivity index (χ3n) is 20.8. The van der Waals surface area contributed by atoms with Crippen molar-refractivity contribution in [1.29, 1.82) is 0 Å². The van der Waals surface area contributed by atoms with Gasteiger partial charge in [-0.1, -0.05) is 6.92 Å². The molecule has 30 rings (SSSR count). The van der Waals surface area contributed by atoms with Crippen LogP contribution in [-0.2, 0) is 114 Å². The largest absolute Gasteiger partial charge is 1.00 e. The van der Waals surface area contributed by atoms with Gasteiger partial charge in [0.25, 0.3) is 0 Å². The molecule has 30 aliphatic rings. The van der Waals surface area contributed by atoms with E-state index in [2.05, 4.69) is 19.2 Å². The summed E-state index contributed by atoms with van der Waals surface area (Å²) >= 11 is 8.05. The van der Waals surface area contributed by atoms with Gasteiger partial charge in [-0.3, -0.25) is 5.32 Å². The number of carboxylic acids is 5. The van der Waals surface area contributed by atoms with Crippen molar-refractivity contribution in [3.8, 4) is 0 Å². The SMILES string of the molecule is O=C=O.O=C=O.[CH2-]CSCC1OC2OC3C(CSCCC(=O)[O-])OC(OC4C(CSCCC(=O)[O-])OC(NC5C(CSCCC)OC(OC6C(CSCCC(=O)[O-])OC(OC7C(CSCCC(=O)[O-])OC(OC8C(CSCCC(=O)[O-])OC(OC9C(CSC[CH2-])OC(OC1C(O)C2O)C(O)C9O)C(O)C8O)C(O)C7O)C(O)C6O)C(O)C5O)C(O)C4O)C(O)C3O.[Na+].[Na+].[Na+].[Na+].[Na+].[Na+].[Na+]. The van der Waals surface area contributed by atoms with Gasteiger partial charge < -0.3 is 216 Å². The number of aliphatic hydroxyl groups excluding tert-OH is 16. The van der Waals surface area contributed by atoms with Crippen molar-refractivity contribution in [1.82, 2.24) is 5.32 Å². The average molecular weight is 2130 g/mol. The molecule has 40 unspecified atom stereocenters. The van der Waals surface area contributed by atoms with Crippen molar-refractivity contribution in [2.24, 2.45) is 0 Å². The Morgan fingerprint density at radius 1 is 0.263 bits per heavy atom. The number of rotatable bonds is 35. The summed E-state index contributed by atoms with van der Waals surface area (Å²) in [5, 5.41) is 256. The predicted molar refractivity (Wildman–Crippen MR) is 424 cm³/mol. The van der Waals surface area contributed by atoms with Crippen LogP contribution in [0.25, 0.3) is 0 Å². The van der Waals surface area contributed by atoms with Crippen molar-refractivity contribution in [2.75, 3.05) is 92.0 Å². The van der Waals surface area contributed by atoms with Crippen molar-refractivity contribution in [3.05, 3.63) is 13.8 Å². The zero-order valence-corrected chi connectivity index (χ0v) is 94.9. The molecule has 0 amide bonds. The normalized spacial score (nSPS) is 39.5. The summed E-state index contributed by atoms with van der Waals surface area (Å²) in [6.45, 7) is 9.54. The minimum atomic E-state index is -2.26. The summed E-state index contributed by atoms with van der Waals surface area (Å²) in [5.41, 5.74) is 0. The average Bonchev–Trinajstić information content (AvgIpc) is 0.769. The van der Waals surface area contributed by atoms with Crippen LogP contribution in [0.1, 0.15) is 45.4 Å². The monoisotopic (exact) mass is 2120 g/mol.